The van der Waals surface area contributed by atoms with Crippen molar-refractivity contribution in [3.05, 3.63) is 65.2 Å². The molecule has 30 heavy (non-hydrogen) atoms. The Kier molecular flexibility index (Phi) is 7.98. The van der Waals surface area contributed by atoms with E-state index >= 15 is 0 Å². The van der Waals surface area contributed by atoms with E-state index in [2.05, 4.69) is 15.7 Å². The number of ether oxygens (including phenoxy) is 1. The molecule has 0 fully saturated rings. The summed E-state index contributed by atoms with van der Waals surface area (Å²) in [6.07, 6.45) is 1.92. The monoisotopic (exact) mass is 410 g/mol. The maximum absolute atomic E-state index is 12.5. The Morgan fingerprint density at radius 3 is 2.53 bits per heavy atom. The molecule has 0 saturated heterocycles. The fraction of sp³-hybridized carbons (Fsp3) is 0.348. The molecule has 7 nitrogen and oxygen atoms in total. The molecule has 4 N–H and O–H groups in total. The van der Waals surface area contributed by atoms with Crippen LogP contribution in [0.15, 0.2) is 53.6 Å². The van der Waals surface area contributed by atoms with Crippen LogP contribution in [0.2, 0.25) is 0 Å². The molecule has 0 spiro atoms. The highest BCUT2D eigenvalue weighted by atomic mass is 16.6. The minimum absolute atomic E-state index is 0.184. The number of benzene rings is 2. The van der Waals surface area contributed by atoms with Crippen LogP contribution in [-0.2, 0) is 22.5 Å². The molecule has 2 aromatic rings. The number of esters is 1. The molecule has 0 radical (unpaired) electrons. The van der Waals surface area contributed by atoms with Gasteiger partial charge in [0, 0.05) is 17.8 Å². The summed E-state index contributed by atoms with van der Waals surface area (Å²) in [5.41, 5.74) is 2.73. The van der Waals surface area contributed by atoms with Crippen LogP contribution in [0.25, 0.3) is 0 Å². The van der Waals surface area contributed by atoms with Gasteiger partial charge in [-0.1, -0.05) is 37.3 Å². The van der Waals surface area contributed by atoms with Crippen LogP contribution in [0.1, 0.15) is 49.2 Å². The molecule has 0 saturated carbocycles. The van der Waals surface area contributed by atoms with Gasteiger partial charge < -0.3 is 21.2 Å². The molecule has 0 aliphatic carbocycles. The number of anilines is 1. The molecular weight excluding hydrogens is 380 g/mol. The first-order chi connectivity index (χ1) is 14.2. The number of amides is 1. The first-order valence-corrected chi connectivity index (χ1v) is 9.85. The minimum atomic E-state index is -0.499. The lowest BCUT2D eigenvalue weighted by molar-refractivity contribution is -0.159. The summed E-state index contributed by atoms with van der Waals surface area (Å²) in [5.74, 6) is 4.43. The van der Waals surface area contributed by atoms with Gasteiger partial charge in [0.05, 0.1) is 5.92 Å². The van der Waals surface area contributed by atoms with Crippen molar-refractivity contribution < 1.29 is 14.3 Å². The summed E-state index contributed by atoms with van der Waals surface area (Å²) in [4.78, 5) is 24.7. The average molecular weight is 411 g/mol. The summed E-state index contributed by atoms with van der Waals surface area (Å²) in [6, 6.07) is 14.9. The largest absolute Gasteiger partial charge is 0.460 e. The Bertz CT molecular complexity index is 903. The van der Waals surface area contributed by atoms with E-state index in [4.69, 9.17) is 10.6 Å². The molecular formula is C23H30N4O3. The second-order valence-corrected chi connectivity index (χ2v) is 8.14. The SMILES string of the molecule is CC(Cc1cccc(CNC(=O)c2cccc(NC=NN)c2)c1)C(=O)OC(C)(C)C. The molecule has 0 aliphatic heterocycles. The van der Waals surface area contributed by atoms with Crippen molar-refractivity contribution in [2.75, 3.05) is 5.32 Å². The zero-order valence-electron chi connectivity index (χ0n) is 17.9. The van der Waals surface area contributed by atoms with Gasteiger partial charge in [0.2, 0.25) is 0 Å². The summed E-state index contributed by atoms with van der Waals surface area (Å²) in [5, 5.41) is 9.17. The van der Waals surface area contributed by atoms with Crippen LogP contribution >= 0.6 is 0 Å². The Morgan fingerprint density at radius 1 is 1.13 bits per heavy atom. The van der Waals surface area contributed by atoms with Gasteiger partial charge >= 0.3 is 5.97 Å². The van der Waals surface area contributed by atoms with E-state index in [0.717, 1.165) is 16.8 Å². The fourth-order valence-electron chi connectivity index (χ4n) is 2.85. The van der Waals surface area contributed by atoms with E-state index in [1.54, 1.807) is 18.2 Å². The first kappa shape index (κ1) is 22.9. The highest BCUT2D eigenvalue weighted by molar-refractivity contribution is 5.95. The topological polar surface area (TPSA) is 106 Å². The van der Waals surface area contributed by atoms with Crippen molar-refractivity contribution in [1.29, 1.82) is 0 Å². The van der Waals surface area contributed by atoms with E-state index in [1.165, 1.54) is 6.34 Å². The van der Waals surface area contributed by atoms with E-state index < -0.39 is 5.60 Å². The summed E-state index contributed by atoms with van der Waals surface area (Å²) < 4.78 is 5.45. The van der Waals surface area contributed by atoms with Crippen LogP contribution < -0.4 is 16.5 Å². The third-order valence-corrected chi connectivity index (χ3v) is 4.23. The molecule has 1 unspecified atom stereocenters. The number of carbonyl (C=O) groups excluding carboxylic acids is 2. The van der Waals surface area contributed by atoms with Gasteiger partial charge in [-0.15, -0.1) is 0 Å². The predicted octanol–water partition coefficient (Wildman–Crippen LogP) is 3.45. The molecule has 0 bridgehead atoms. The van der Waals surface area contributed by atoms with Crippen molar-refractivity contribution in [3.63, 3.8) is 0 Å². The molecule has 0 aromatic heterocycles. The Labute approximate surface area is 177 Å². The fourth-order valence-corrected chi connectivity index (χ4v) is 2.85. The van der Waals surface area contributed by atoms with Crippen molar-refractivity contribution in [2.45, 2.75) is 46.3 Å². The number of nitrogens with one attached hydrogen (secondary N) is 2. The third kappa shape index (κ3) is 7.58. The normalized spacial score (nSPS) is 12.4. The molecule has 2 rings (SSSR count). The van der Waals surface area contributed by atoms with Crippen LogP contribution in [-0.4, -0.2) is 23.8 Å². The van der Waals surface area contributed by atoms with Crippen LogP contribution in [0.3, 0.4) is 0 Å². The van der Waals surface area contributed by atoms with Crippen LogP contribution in [0, 0.1) is 5.92 Å². The lowest BCUT2D eigenvalue weighted by Gasteiger charge is -2.22. The first-order valence-electron chi connectivity index (χ1n) is 9.85. The molecule has 0 aliphatic rings. The number of rotatable bonds is 8. The quantitative estimate of drug-likeness (QED) is 0.203. The van der Waals surface area contributed by atoms with Crippen LogP contribution in [0.4, 0.5) is 5.69 Å². The predicted molar refractivity (Wildman–Crippen MR) is 119 cm³/mol. The van der Waals surface area contributed by atoms with E-state index in [9.17, 15) is 9.59 Å². The Morgan fingerprint density at radius 2 is 1.83 bits per heavy atom. The number of hydrogen-bond acceptors (Lipinski definition) is 5. The van der Waals surface area contributed by atoms with Gasteiger partial charge in [0.1, 0.15) is 11.9 Å². The van der Waals surface area contributed by atoms with Gasteiger partial charge in [-0.2, -0.15) is 5.10 Å². The summed E-state index contributed by atoms with van der Waals surface area (Å²) in [6.45, 7) is 7.82. The van der Waals surface area contributed by atoms with E-state index in [1.807, 2.05) is 58.0 Å². The minimum Gasteiger partial charge on any atom is -0.460 e. The second kappa shape index (κ2) is 10.4. The maximum Gasteiger partial charge on any atom is 0.309 e. The second-order valence-electron chi connectivity index (χ2n) is 8.14. The number of nitrogens with two attached hydrogens (primary N) is 1. The number of hydrazone groups is 1. The molecule has 160 valence electrons. The molecule has 1 amide bonds. The highest BCUT2D eigenvalue weighted by Crippen LogP contribution is 2.16. The van der Waals surface area contributed by atoms with Gasteiger partial charge in [-0.05, 0) is 56.5 Å². The third-order valence-electron chi connectivity index (χ3n) is 4.23. The molecule has 2 aromatic carbocycles. The number of hydrogen-bond donors (Lipinski definition) is 3. The Balaban J connectivity index is 1.95. The number of nitrogens with zero attached hydrogens (tertiary/aromatic N) is 1. The lowest BCUT2D eigenvalue weighted by Crippen LogP contribution is -2.28. The zero-order valence-corrected chi connectivity index (χ0v) is 17.9. The van der Waals surface area contributed by atoms with Gasteiger partial charge in [0.15, 0.2) is 0 Å². The van der Waals surface area contributed by atoms with Gasteiger partial charge in [-0.3, -0.25) is 9.59 Å². The lowest BCUT2D eigenvalue weighted by atomic mass is 9.99. The zero-order chi connectivity index (χ0) is 22.1. The van der Waals surface area contributed by atoms with E-state index in [-0.39, 0.29) is 17.8 Å². The highest BCUT2D eigenvalue weighted by Gasteiger charge is 2.21. The van der Waals surface area contributed by atoms with E-state index in [0.29, 0.717) is 18.5 Å². The van der Waals surface area contributed by atoms with Gasteiger partial charge in [-0.25, -0.2) is 0 Å². The maximum atomic E-state index is 12.5. The Hall–Kier alpha value is -3.35. The smallest absolute Gasteiger partial charge is 0.309 e. The summed E-state index contributed by atoms with van der Waals surface area (Å²) >= 11 is 0. The van der Waals surface area contributed by atoms with Gasteiger partial charge in [0.25, 0.3) is 5.91 Å². The average Bonchev–Trinajstić information content (AvgIpc) is 2.69. The summed E-state index contributed by atoms with van der Waals surface area (Å²) in [7, 11) is 0. The standard InChI is InChI=1S/C23H30N4O3/c1-16(22(29)30-23(2,3)4)11-17-7-5-8-18(12-17)14-25-21(28)19-9-6-10-20(13-19)26-15-27-24/h5-10,12-13,15-16H,11,14,24H2,1-4H3,(H,25,28)(H,26,27). The number of carbonyl (C=O) groups is 2. The van der Waals surface area contributed by atoms with Crippen molar-refractivity contribution in [3.8, 4) is 0 Å². The van der Waals surface area contributed by atoms with Crippen molar-refractivity contribution >= 4 is 23.9 Å². The van der Waals surface area contributed by atoms with Crippen molar-refractivity contribution in [1.82, 2.24) is 5.32 Å². The molecule has 0 heterocycles. The molecule has 7 heteroatoms. The molecule has 1 atom stereocenters. The van der Waals surface area contributed by atoms with Crippen LogP contribution in [0.5, 0.6) is 0 Å². The van der Waals surface area contributed by atoms with Crippen molar-refractivity contribution in [2.24, 2.45) is 16.9 Å².